The first-order chi connectivity index (χ1) is 26.1. The monoisotopic (exact) mass is 723 g/mol. The normalized spacial score (nSPS) is 16.2. The average molecular weight is 724 g/mol. The van der Waals surface area contributed by atoms with Gasteiger partial charge in [-0.3, -0.25) is 19.6 Å². The molecule has 278 valence electrons. The maximum absolute atomic E-state index is 12.8. The molecule has 4 aromatic carbocycles. The second kappa shape index (κ2) is 18.0. The zero-order chi connectivity index (χ0) is 37.9. The van der Waals surface area contributed by atoms with Crippen LogP contribution in [0, 0.1) is 0 Å². The van der Waals surface area contributed by atoms with Crippen LogP contribution in [0.25, 0.3) is 10.8 Å². The summed E-state index contributed by atoms with van der Waals surface area (Å²) in [5.74, 6) is -0.244. The lowest BCUT2D eigenvalue weighted by Crippen LogP contribution is -2.32. The Balaban J connectivity index is 0.879. The Kier molecular flexibility index (Phi) is 12.8. The van der Waals surface area contributed by atoms with E-state index >= 15 is 0 Å². The zero-order valence-corrected chi connectivity index (χ0v) is 31.2. The van der Waals surface area contributed by atoms with Crippen LogP contribution in [0.2, 0.25) is 0 Å². The highest BCUT2D eigenvalue weighted by Crippen LogP contribution is 2.30. The van der Waals surface area contributed by atoms with E-state index in [2.05, 4.69) is 69.2 Å². The Hall–Kier alpha value is -5.48. The van der Waals surface area contributed by atoms with Crippen molar-refractivity contribution in [2.24, 2.45) is 4.99 Å². The van der Waals surface area contributed by atoms with Gasteiger partial charge in [-0.25, -0.2) is 0 Å². The number of amides is 2. The van der Waals surface area contributed by atoms with Gasteiger partial charge < -0.3 is 25.8 Å². The van der Waals surface area contributed by atoms with Crippen LogP contribution in [0.1, 0.15) is 70.7 Å². The van der Waals surface area contributed by atoms with Crippen LogP contribution in [0.3, 0.4) is 0 Å². The Bertz CT molecular complexity index is 2110. The van der Waals surface area contributed by atoms with Crippen molar-refractivity contribution in [2.45, 2.75) is 64.4 Å². The molecule has 6 rings (SSSR count). The first kappa shape index (κ1) is 38.3. The number of allylic oxidation sites excluding steroid dienone is 1. The van der Waals surface area contributed by atoms with Crippen molar-refractivity contribution in [3.8, 4) is 0 Å². The smallest absolute Gasteiger partial charge is 0.251 e. The maximum Gasteiger partial charge on any atom is 0.251 e. The van der Waals surface area contributed by atoms with Gasteiger partial charge >= 0.3 is 0 Å². The van der Waals surface area contributed by atoms with E-state index in [1.165, 1.54) is 10.8 Å². The van der Waals surface area contributed by atoms with E-state index in [9.17, 15) is 14.7 Å². The number of carbonyl (C=O) groups is 2. The Morgan fingerprint density at radius 1 is 0.889 bits per heavy atom. The molecule has 0 fully saturated rings. The third kappa shape index (κ3) is 10.3. The second-order valence-corrected chi connectivity index (χ2v) is 14.2. The molecule has 9 nitrogen and oxygen atoms in total. The molecule has 0 spiro atoms. The number of hydrogen-bond acceptors (Lipinski definition) is 7. The molecular formula is C45H49N5O4. The number of aliphatic imine (C=N–C) groups is 1. The highest BCUT2D eigenvalue weighted by atomic mass is 16.5. The van der Waals surface area contributed by atoms with Gasteiger partial charge in [0, 0.05) is 48.7 Å². The number of carbonyl (C=O) groups excluding carboxylic acids is 2. The molecule has 1 aromatic heterocycles. The van der Waals surface area contributed by atoms with Crippen LogP contribution in [0.5, 0.6) is 0 Å². The highest BCUT2D eigenvalue weighted by Gasteiger charge is 2.27. The van der Waals surface area contributed by atoms with Crippen molar-refractivity contribution < 1.29 is 19.4 Å². The van der Waals surface area contributed by atoms with Crippen molar-refractivity contribution in [2.75, 3.05) is 19.7 Å². The first-order valence-electron chi connectivity index (χ1n) is 18.5. The number of nitrogens with zero attached hydrogens (tertiary/aromatic N) is 2. The fraction of sp³-hybridized carbons (Fsp3) is 0.289. The van der Waals surface area contributed by atoms with Crippen molar-refractivity contribution in [3.63, 3.8) is 0 Å². The van der Waals surface area contributed by atoms with E-state index in [0.717, 1.165) is 45.6 Å². The number of ether oxygens (including phenoxy) is 1. The molecule has 0 radical (unpaired) electrons. The van der Waals surface area contributed by atoms with E-state index in [1.54, 1.807) is 18.3 Å². The lowest BCUT2D eigenvalue weighted by molar-refractivity contribution is -0.120. The van der Waals surface area contributed by atoms with Crippen molar-refractivity contribution in [1.29, 1.82) is 0 Å². The van der Waals surface area contributed by atoms with Crippen LogP contribution in [0.15, 0.2) is 126 Å². The summed E-state index contributed by atoms with van der Waals surface area (Å²) in [6, 6.07) is 33.6. The molecule has 2 amide bonds. The number of aliphatic hydroxyl groups is 1. The summed E-state index contributed by atoms with van der Waals surface area (Å²) in [6.45, 7) is 8.14. The molecule has 5 aromatic rings. The number of aliphatic hydroxyl groups excluding tert-OH is 1. The van der Waals surface area contributed by atoms with Crippen LogP contribution >= 0.6 is 0 Å². The number of rotatable bonds is 17. The number of hydrogen-bond donors (Lipinski definition) is 4. The fourth-order valence-electron chi connectivity index (χ4n) is 6.65. The first-order valence-corrected chi connectivity index (χ1v) is 18.5. The van der Waals surface area contributed by atoms with Gasteiger partial charge in [0.15, 0.2) is 0 Å². The van der Waals surface area contributed by atoms with Crippen LogP contribution < -0.4 is 16.0 Å². The standard InChI is InChI=1S/C45H49N5O4/c1-31-20-21-45(3,50-31)42-19-18-38(28-48-42)41(51)29-47-32(2)24-34-8-6-9-35(25-34)26-43(52)49-27-33-14-16-37(17-15-33)44(53)46-22-23-54-30-39-12-7-11-36-10-4-5-13-40(36)39/h4-21,25,28,32,41,47,51H,22-24,26-27,29-30H2,1-3H3,(H,46,53)(H,49,52)/t32-,41+,45?/m1/s1. The molecule has 9 heteroatoms. The molecule has 0 bridgehead atoms. The van der Waals surface area contributed by atoms with E-state index < -0.39 is 11.6 Å². The lowest BCUT2D eigenvalue weighted by Gasteiger charge is -2.20. The Morgan fingerprint density at radius 3 is 2.44 bits per heavy atom. The van der Waals surface area contributed by atoms with Crippen molar-refractivity contribution in [3.05, 3.63) is 161 Å². The van der Waals surface area contributed by atoms with E-state index in [4.69, 9.17) is 4.74 Å². The molecule has 4 N–H and O–H groups in total. The highest BCUT2D eigenvalue weighted by molar-refractivity contribution is 5.95. The van der Waals surface area contributed by atoms with E-state index in [0.29, 0.717) is 38.4 Å². The largest absolute Gasteiger partial charge is 0.387 e. The summed E-state index contributed by atoms with van der Waals surface area (Å²) in [6.07, 6.45) is 6.10. The van der Waals surface area contributed by atoms with Crippen LogP contribution in [-0.2, 0) is 41.1 Å². The maximum atomic E-state index is 12.8. The minimum atomic E-state index is -0.688. The molecule has 0 saturated carbocycles. The number of nitrogens with one attached hydrogen (secondary N) is 3. The number of pyridine rings is 1. The molecule has 3 atom stereocenters. The predicted molar refractivity (Wildman–Crippen MR) is 214 cm³/mol. The van der Waals surface area contributed by atoms with Gasteiger partial charge in [0.2, 0.25) is 5.91 Å². The molecule has 0 saturated heterocycles. The Labute approximate surface area is 317 Å². The van der Waals surface area contributed by atoms with E-state index in [1.807, 2.05) is 80.6 Å². The SMILES string of the molecule is CC1=NC(C)(c2ccc([C@@H](O)CN[C@H](C)Cc3cccc(CC(=O)NCc4ccc(C(=O)NCCOCc5cccc6ccccc56)cc4)c3)cn2)C=C1. The van der Waals surface area contributed by atoms with Crippen molar-refractivity contribution >= 4 is 28.3 Å². The molecule has 0 aliphatic carbocycles. The van der Waals surface area contributed by atoms with Gasteiger partial charge in [-0.2, -0.15) is 0 Å². The number of fused-ring (bicyclic) bond motifs is 1. The Morgan fingerprint density at radius 2 is 1.67 bits per heavy atom. The predicted octanol–water partition coefficient (Wildman–Crippen LogP) is 6.54. The van der Waals surface area contributed by atoms with Gasteiger partial charge in [-0.15, -0.1) is 0 Å². The van der Waals surface area contributed by atoms with Crippen molar-refractivity contribution in [1.82, 2.24) is 20.9 Å². The molecular weight excluding hydrogens is 675 g/mol. The molecule has 2 heterocycles. The van der Waals surface area contributed by atoms with Gasteiger partial charge in [0.25, 0.3) is 5.91 Å². The van der Waals surface area contributed by atoms with Gasteiger partial charge in [-0.05, 0) is 90.6 Å². The average Bonchev–Trinajstić information content (AvgIpc) is 3.55. The third-order valence-electron chi connectivity index (χ3n) is 9.68. The summed E-state index contributed by atoms with van der Waals surface area (Å²) in [4.78, 5) is 34.7. The summed E-state index contributed by atoms with van der Waals surface area (Å²) in [5.41, 5.74) is 6.75. The third-order valence-corrected chi connectivity index (χ3v) is 9.68. The minimum Gasteiger partial charge on any atom is -0.387 e. The van der Waals surface area contributed by atoms with Crippen LogP contribution in [-0.4, -0.2) is 53.4 Å². The summed E-state index contributed by atoms with van der Waals surface area (Å²) in [7, 11) is 0. The molecule has 1 unspecified atom stereocenters. The fourth-order valence-corrected chi connectivity index (χ4v) is 6.65. The van der Waals surface area contributed by atoms with Crippen LogP contribution in [0.4, 0.5) is 0 Å². The second-order valence-electron chi connectivity index (χ2n) is 14.2. The zero-order valence-electron chi connectivity index (χ0n) is 31.2. The van der Waals surface area contributed by atoms with Gasteiger partial charge in [0.05, 0.1) is 31.4 Å². The topological polar surface area (TPSA) is 125 Å². The van der Waals surface area contributed by atoms with Gasteiger partial charge in [0.1, 0.15) is 5.54 Å². The molecule has 1 aliphatic rings. The minimum absolute atomic E-state index is 0.0775. The molecule has 1 aliphatic heterocycles. The number of benzene rings is 4. The lowest BCUT2D eigenvalue weighted by atomic mass is 9.98. The van der Waals surface area contributed by atoms with E-state index in [-0.39, 0.29) is 24.3 Å². The summed E-state index contributed by atoms with van der Waals surface area (Å²) in [5, 5.41) is 22.5. The number of aromatic nitrogens is 1. The summed E-state index contributed by atoms with van der Waals surface area (Å²) < 4.78 is 5.83. The summed E-state index contributed by atoms with van der Waals surface area (Å²) >= 11 is 0. The molecule has 54 heavy (non-hydrogen) atoms. The van der Waals surface area contributed by atoms with Gasteiger partial charge in [-0.1, -0.05) is 84.9 Å². The quantitative estimate of drug-likeness (QED) is 0.0809.